The normalized spacial score (nSPS) is 12.6. The van der Waals surface area contributed by atoms with Crippen molar-refractivity contribution in [3.63, 3.8) is 0 Å². The summed E-state index contributed by atoms with van der Waals surface area (Å²) in [5.74, 6) is 1.34. The van der Waals surface area contributed by atoms with Gasteiger partial charge in [0.05, 0.1) is 11.1 Å². The number of halogens is 1. The van der Waals surface area contributed by atoms with E-state index in [0.29, 0.717) is 16.1 Å². The summed E-state index contributed by atoms with van der Waals surface area (Å²) in [7, 11) is -3.84. The Bertz CT molecular complexity index is 1150. The van der Waals surface area contributed by atoms with Gasteiger partial charge in [0.15, 0.2) is 11.5 Å². The summed E-state index contributed by atoms with van der Waals surface area (Å²) < 4.78 is 44.6. The van der Waals surface area contributed by atoms with Crippen LogP contribution in [0.4, 0.5) is 5.82 Å². The Kier molecular flexibility index (Phi) is 5.29. The van der Waals surface area contributed by atoms with Gasteiger partial charge in [-0.05, 0) is 52.7 Å². The third kappa shape index (κ3) is 4.43. The van der Waals surface area contributed by atoms with Crippen molar-refractivity contribution in [2.45, 2.75) is 18.4 Å². The highest BCUT2D eigenvalue weighted by Crippen LogP contribution is 2.33. The number of fused-ring (bicyclic) bond motifs is 1. The molecular weight excluding hydrogens is 462 g/mol. The van der Waals surface area contributed by atoms with Crippen LogP contribution in [-0.2, 0) is 16.6 Å². The van der Waals surface area contributed by atoms with Gasteiger partial charge < -0.3 is 14.2 Å². The minimum atomic E-state index is -3.84. The molecule has 0 fully saturated rings. The molecule has 0 saturated heterocycles. The van der Waals surface area contributed by atoms with Crippen LogP contribution in [0.25, 0.3) is 0 Å². The topological polar surface area (TPSA) is 99.6 Å². The van der Waals surface area contributed by atoms with E-state index in [0.717, 1.165) is 11.1 Å². The van der Waals surface area contributed by atoms with E-state index in [4.69, 9.17) is 14.2 Å². The molecule has 0 radical (unpaired) electrons. The predicted octanol–water partition coefficient (Wildman–Crippen LogP) is 3.66. The quantitative estimate of drug-likeness (QED) is 0.577. The Balaban J connectivity index is 1.55. The standard InChI is InChI=1S/C19H16BrN3O5S/c1-12-2-5-14(6-3-12)29(24,25)23-18-19(22-17(20)9-21-18)26-10-13-4-7-15-16(8-13)28-11-27-15/h2-9H,10-11H2,1H3,(H,21,23). The van der Waals surface area contributed by atoms with Crippen molar-refractivity contribution >= 4 is 31.8 Å². The smallest absolute Gasteiger partial charge is 0.263 e. The van der Waals surface area contributed by atoms with Crippen molar-refractivity contribution < 1.29 is 22.6 Å². The number of anilines is 1. The first kappa shape index (κ1) is 19.5. The molecule has 0 bridgehead atoms. The van der Waals surface area contributed by atoms with Gasteiger partial charge in [0.25, 0.3) is 15.9 Å². The Morgan fingerprint density at radius 2 is 1.90 bits per heavy atom. The first-order valence-corrected chi connectivity index (χ1v) is 10.8. The van der Waals surface area contributed by atoms with E-state index >= 15 is 0 Å². The Hall–Kier alpha value is -2.85. The van der Waals surface area contributed by atoms with E-state index in [1.165, 1.54) is 18.3 Å². The van der Waals surface area contributed by atoms with Gasteiger partial charge in [-0.15, -0.1) is 0 Å². The summed E-state index contributed by atoms with van der Waals surface area (Å²) >= 11 is 3.23. The fourth-order valence-corrected chi connectivity index (χ4v) is 3.88. The van der Waals surface area contributed by atoms with E-state index in [2.05, 4.69) is 30.6 Å². The van der Waals surface area contributed by atoms with Crippen LogP contribution in [0.2, 0.25) is 0 Å². The van der Waals surface area contributed by atoms with Crippen molar-refractivity contribution in [2.75, 3.05) is 11.5 Å². The summed E-state index contributed by atoms with van der Waals surface area (Å²) in [5.41, 5.74) is 1.77. The maximum absolute atomic E-state index is 12.7. The Labute approximate surface area is 176 Å². The van der Waals surface area contributed by atoms with Gasteiger partial charge in [-0.1, -0.05) is 23.8 Å². The van der Waals surface area contributed by atoms with Crippen molar-refractivity contribution in [3.05, 3.63) is 64.4 Å². The molecule has 10 heteroatoms. The lowest BCUT2D eigenvalue weighted by Gasteiger charge is -2.12. The predicted molar refractivity (Wildman–Crippen MR) is 109 cm³/mol. The molecule has 2 heterocycles. The minimum absolute atomic E-state index is 0.00508. The van der Waals surface area contributed by atoms with Crippen LogP contribution in [0.5, 0.6) is 17.4 Å². The lowest BCUT2D eigenvalue weighted by molar-refractivity contribution is 0.174. The van der Waals surface area contributed by atoms with Gasteiger partial charge in [-0.3, -0.25) is 4.72 Å². The Morgan fingerprint density at radius 1 is 1.14 bits per heavy atom. The number of nitrogens with zero attached hydrogens (tertiary/aromatic N) is 2. The van der Waals surface area contributed by atoms with E-state index in [1.807, 2.05) is 13.0 Å². The molecule has 0 spiro atoms. The fourth-order valence-electron chi connectivity index (χ4n) is 2.61. The summed E-state index contributed by atoms with van der Waals surface area (Å²) in [4.78, 5) is 8.43. The molecule has 29 heavy (non-hydrogen) atoms. The summed E-state index contributed by atoms with van der Waals surface area (Å²) in [6, 6.07) is 11.9. The van der Waals surface area contributed by atoms with Gasteiger partial charge in [0.1, 0.15) is 11.2 Å². The SMILES string of the molecule is Cc1ccc(S(=O)(=O)Nc2ncc(Br)nc2OCc2ccc3c(c2)OCO3)cc1. The number of benzene rings is 2. The molecule has 8 nitrogen and oxygen atoms in total. The van der Waals surface area contributed by atoms with Crippen LogP contribution < -0.4 is 18.9 Å². The summed E-state index contributed by atoms with van der Waals surface area (Å²) in [5, 5.41) is 0. The fraction of sp³-hybridized carbons (Fsp3) is 0.158. The molecule has 0 amide bonds. The number of aryl methyl sites for hydroxylation is 1. The van der Waals surface area contributed by atoms with Crippen LogP contribution in [0.15, 0.2) is 58.2 Å². The molecule has 1 aliphatic heterocycles. The van der Waals surface area contributed by atoms with Crippen LogP contribution in [-0.4, -0.2) is 25.2 Å². The maximum atomic E-state index is 12.7. The van der Waals surface area contributed by atoms with Crippen molar-refractivity contribution in [1.82, 2.24) is 9.97 Å². The monoisotopic (exact) mass is 477 g/mol. The number of aromatic nitrogens is 2. The molecule has 1 aliphatic rings. The van der Waals surface area contributed by atoms with Gasteiger partial charge in [-0.25, -0.2) is 18.4 Å². The number of sulfonamides is 1. The van der Waals surface area contributed by atoms with E-state index < -0.39 is 10.0 Å². The van der Waals surface area contributed by atoms with Crippen LogP contribution >= 0.6 is 15.9 Å². The zero-order chi connectivity index (χ0) is 20.4. The highest BCUT2D eigenvalue weighted by Gasteiger charge is 2.19. The largest absolute Gasteiger partial charge is 0.470 e. The second-order valence-electron chi connectivity index (χ2n) is 6.24. The molecule has 0 unspecified atom stereocenters. The van der Waals surface area contributed by atoms with Gasteiger partial charge >= 0.3 is 0 Å². The first-order chi connectivity index (χ1) is 13.9. The number of hydrogen-bond acceptors (Lipinski definition) is 7. The minimum Gasteiger partial charge on any atom is -0.470 e. The summed E-state index contributed by atoms with van der Waals surface area (Å²) in [6.07, 6.45) is 1.39. The number of nitrogens with one attached hydrogen (secondary N) is 1. The van der Waals surface area contributed by atoms with Crippen molar-refractivity contribution in [2.24, 2.45) is 0 Å². The van der Waals surface area contributed by atoms with Crippen LogP contribution in [0, 0.1) is 6.92 Å². The molecule has 150 valence electrons. The molecular formula is C19H16BrN3O5S. The number of hydrogen-bond donors (Lipinski definition) is 1. The van der Waals surface area contributed by atoms with E-state index in [1.54, 1.807) is 24.3 Å². The third-order valence-corrected chi connectivity index (χ3v) is 5.82. The number of ether oxygens (including phenoxy) is 3. The molecule has 3 aromatic rings. The molecule has 0 saturated carbocycles. The zero-order valence-electron chi connectivity index (χ0n) is 15.3. The third-order valence-electron chi connectivity index (χ3n) is 4.09. The first-order valence-electron chi connectivity index (χ1n) is 8.54. The molecule has 0 atom stereocenters. The van der Waals surface area contributed by atoms with Crippen LogP contribution in [0.3, 0.4) is 0 Å². The molecule has 0 aliphatic carbocycles. The Morgan fingerprint density at radius 3 is 2.69 bits per heavy atom. The average Bonchev–Trinajstić information content (AvgIpc) is 3.16. The molecule has 4 rings (SSSR count). The van der Waals surface area contributed by atoms with Crippen molar-refractivity contribution in [1.29, 1.82) is 0 Å². The lowest BCUT2D eigenvalue weighted by Crippen LogP contribution is -2.15. The molecule has 1 aromatic heterocycles. The molecule has 1 N–H and O–H groups in total. The molecule has 2 aromatic carbocycles. The summed E-state index contributed by atoms with van der Waals surface area (Å²) in [6.45, 7) is 2.20. The second kappa shape index (κ2) is 7.88. The number of rotatable bonds is 6. The lowest BCUT2D eigenvalue weighted by atomic mass is 10.2. The van der Waals surface area contributed by atoms with Gasteiger partial charge in [0, 0.05) is 0 Å². The van der Waals surface area contributed by atoms with Gasteiger partial charge in [0.2, 0.25) is 12.6 Å². The van der Waals surface area contributed by atoms with Gasteiger partial charge in [-0.2, -0.15) is 0 Å². The van der Waals surface area contributed by atoms with Crippen molar-refractivity contribution in [3.8, 4) is 17.4 Å². The van der Waals surface area contributed by atoms with E-state index in [-0.39, 0.29) is 30.0 Å². The maximum Gasteiger partial charge on any atom is 0.263 e. The van der Waals surface area contributed by atoms with E-state index in [9.17, 15) is 8.42 Å². The highest BCUT2D eigenvalue weighted by molar-refractivity contribution is 9.10. The average molecular weight is 478 g/mol. The second-order valence-corrected chi connectivity index (χ2v) is 8.74. The highest BCUT2D eigenvalue weighted by atomic mass is 79.9. The van der Waals surface area contributed by atoms with Crippen LogP contribution in [0.1, 0.15) is 11.1 Å². The zero-order valence-corrected chi connectivity index (χ0v) is 17.7.